The number of aliphatic hydroxyl groups is 1. The van der Waals surface area contributed by atoms with Crippen molar-refractivity contribution in [3.63, 3.8) is 0 Å². The number of esters is 4. The smallest absolute Gasteiger partial charge is 0.345 e. The SMILES string of the molecule is O=C(OC[C@H]1O[C@@H](O)[C@@H]2OC(=O)c3cc(O)c(O)c(O)c3-c3c(cc(O)c(O)c3O)C(=O)O[C@H]2[C@@H]1OC(=O)c1cc(O)c(O)c(O)c1-c1c(O)c(O)c2oc(=O)c3cc(O)c(O)c4oc(=O)c1c2c43)c1cc(O)c(O)c(O)c1. The Bertz CT molecular complexity index is 4110. The Morgan fingerprint density at radius 1 is 0.462 bits per heavy atom. The first-order valence-corrected chi connectivity index (χ1v) is 21.6. The van der Waals surface area contributed by atoms with Gasteiger partial charge in [0.15, 0.2) is 99.0 Å². The number of fused-ring (bicyclic) bond motifs is 4. The molecule has 5 atom stereocenters. The van der Waals surface area contributed by atoms with Gasteiger partial charge in [0.05, 0.1) is 33.0 Å². The van der Waals surface area contributed by atoms with Gasteiger partial charge in [-0.05, 0) is 36.4 Å². The van der Waals surface area contributed by atoms with E-state index in [1.165, 1.54) is 0 Å². The lowest BCUT2D eigenvalue weighted by Crippen LogP contribution is -2.62. The molecule has 0 saturated carbocycles. The van der Waals surface area contributed by atoms with Gasteiger partial charge in [-0.2, -0.15) is 0 Å². The highest BCUT2D eigenvalue weighted by atomic mass is 16.7. The quantitative estimate of drug-likeness (QED) is 0.0372. The molecule has 0 amide bonds. The maximum Gasteiger partial charge on any atom is 0.345 e. The van der Waals surface area contributed by atoms with Crippen molar-refractivity contribution in [2.45, 2.75) is 30.7 Å². The van der Waals surface area contributed by atoms with Gasteiger partial charge >= 0.3 is 35.1 Å². The number of hydrogen-bond donors (Lipinski definition) is 17. The number of aliphatic hydroxyl groups excluding tert-OH is 1. The van der Waals surface area contributed by atoms with Gasteiger partial charge in [-0.25, -0.2) is 28.8 Å². The van der Waals surface area contributed by atoms with Crippen LogP contribution in [0.3, 0.4) is 0 Å². The van der Waals surface area contributed by atoms with Crippen LogP contribution in [0.2, 0.25) is 0 Å². The van der Waals surface area contributed by atoms with E-state index >= 15 is 0 Å². The summed E-state index contributed by atoms with van der Waals surface area (Å²) >= 11 is 0. The fourth-order valence-electron chi connectivity index (χ4n) is 9.05. The molecule has 6 aromatic carbocycles. The Hall–Kier alpha value is -11.1. The summed E-state index contributed by atoms with van der Waals surface area (Å²) in [5.41, 5.74) is -13.9. The van der Waals surface area contributed by atoms with E-state index < -0.39 is 242 Å². The number of phenols is 16. The number of phenolic OH excluding ortho intramolecular Hbond substituents is 16. The van der Waals surface area contributed by atoms with Crippen LogP contribution in [0, 0.1) is 0 Å². The molecular weight excluding hydrogens is 1060 g/mol. The zero-order valence-corrected chi connectivity index (χ0v) is 38.0. The number of aromatic hydroxyl groups is 16. The Labute approximate surface area is 425 Å². The van der Waals surface area contributed by atoms with Crippen molar-refractivity contribution in [1.29, 1.82) is 0 Å². The molecule has 30 nitrogen and oxygen atoms in total. The zero-order valence-electron chi connectivity index (χ0n) is 38.0. The van der Waals surface area contributed by atoms with E-state index in [1.807, 2.05) is 0 Å². The van der Waals surface area contributed by atoms with Crippen LogP contribution in [-0.4, -0.2) is 148 Å². The minimum atomic E-state index is -2.65. The molecule has 30 heteroatoms. The largest absolute Gasteiger partial charge is 0.504 e. The second-order valence-corrected chi connectivity index (χ2v) is 17.1. The summed E-state index contributed by atoms with van der Waals surface area (Å²) in [6, 6.07) is 2.90. The molecule has 2 aromatic heterocycles. The molecule has 78 heavy (non-hydrogen) atoms. The lowest BCUT2D eigenvalue weighted by atomic mass is 9.90. The van der Waals surface area contributed by atoms with Crippen LogP contribution >= 0.6 is 0 Å². The fraction of sp³-hybridized carbons (Fsp3) is 0.125. The number of carbonyl (C=O) groups is 4. The highest BCUT2D eigenvalue weighted by Gasteiger charge is 2.54. The molecule has 4 heterocycles. The molecule has 0 bridgehead atoms. The van der Waals surface area contributed by atoms with Gasteiger partial charge in [0.1, 0.15) is 12.7 Å². The summed E-state index contributed by atoms with van der Waals surface area (Å²) in [4.78, 5) is 84.1. The summed E-state index contributed by atoms with van der Waals surface area (Å²) in [6.45, 7) is -1.32. The van der Waals surface area contributed by atoms with Gasteiger partial charge in [-0.15, -0.1) is 0 Å². The molecule has 8 aromatic rings. The van der Waals surface area contributed by atoms with Gasteiger partial charge in [0, 0.05) is 33.0 Å². The Kier molecular flexibility index (Phi) is 11.3. The van der Waals surface area contributed by atoms with Crippen molar-refractivity contribution in [2.75, 3.05) is 6.61 Å². The minimum absolute atomic E-state index is 0.292. The molecule has 0 unspecified atom stereocenters. The Morgan fingerprint density at radius 2 is 0.936 bits per heavy atom. The standard InChI is InChI=1S/C48H30O30/c49-13-1-8(2-14(50)27(13)55)42(65)72-7-19-37(40-41(48(71)73-19)78-45(68)10-4-16(52)29(57)33(61)21(10)20-9(44(67)77-40)3-15(51)28(56)32(20)60)74-43(66)11-5-17(53)30(58)34(62)22(11)24-26-25-23-12(46(69)75-39(25)36(64)35(24)63)6-18(54)31(59)38(23)76-47(26)70/h1-6,19,37,40-41,48-64,71H,7H2/t19-,37-,40+,41-,48-/m1/s1. The predicted molar refractivity (Wildman–Crippen MR) is 246 cm³/mol. The fourth-order valence-corrected chi connectivity index (χ4v) is 9.05. The van der Waals surface area contributed by atoms with Gasteiger partial charge < -0.3 is 119 Å². The second kappa shape index (κ2) is 17.5. The molecule has 0 aliphatic carbocycles. The second-order valence-electron chi connectivity index (χ2n) is 17.1. The summed E-state index contributed by atoms with van der Waals surface area (Å²) in [7, 11) is 0. The molecule has 10 rings (SSSR count). The first kappa shape index (κ1) is 50.4. The topological polar surface area (TPSA) is 519 Å². The van der Waals surface area contributed by atoms with Crippen LogP contribution in [0.1, 0.15) is 41.4 Å². The highest BCUT2D eigenvalue weighted by molar-refractivity contribution is 6.26. The number of hydrogen-bond acceptors (Lipinski definition) is 30. The Balaban J connectivity index is 1.17. The van der Waals surface area contributed by atoms with E-state index in [9.17, 15) is 116 Å². The lowest BCUT2D eigenvalue weighted by Gasteiger charge is -2.43. The van der Waals surface area contributed by atoms with Crippen LogP contribution in [0.4, 0.5) is 0 Å². The van der Waals surface area contributed by atoms with Gasteiger partial charge in [0.2, 0.25) is 28.7 Å². The van der Waals surface area contributed by atoms with E-state index in [2.05, 4.69) is 0 Å². The van der Waals surface area contributed by atoms with Gasteiger partial charge in [0.25, 0.3) is 0 Å². The third-order valence-electron chi connectivity index (χ3n) is 12.6. The number of ether oxygens (including phenoxy) is 5. The highest BCUT2D eigenvalue weighted by Crippen LogP contribution is 2.56. The van der Waals surface area contributed by atoms with E-state index in [-0.39, 0.29) is 0 Å². The zero-order chi connectivity index (χ0) is 56.6. The average molecular weight is 1090 g/mol. The minimum Gasteiger partial charge on any atom is -0.504 e. The molecule has 0 radical (unpaired) electrons. The monoisotopic (exact) mass is 1090 g/mol. The van der Waals surface area contributed by atoms with Crippen LogP contribution < -0.4 is 11.3 Å². The molecule has 0 spiro atoms. The molecular formula is C48H30O30. The van der Waals surface area contributed by atoms with Crippen molar-refractivity contribution in [1.82, 2.24) is 0 Å². The first-order chi connectivity index (χ1) is 36.7. The molecule has 1 saturated heterocycles. The maximum absolute atomic E-state index is 15.0. The molecule has 2 aliphatic heterocycles. The van der Waals surface area contributed by atoms with Crippen LogP contribution in [0.15, 0.2) is 54.8 Å². The average Bonchev–Trinajstić information content (AvgIpc) is 3.57. The van der Waals surface area contributed by atoms with Crippen molar-refractivity contribution < 1.29 is 139 Å². The maximum atomic E-state index is 15.0. The van der Waals surface area contributed by atoms with Crippen molar-refractivity contribution in [3.05, 3.63) is 79.5 Å². The first-order valence-electron chi connectivity index (χ1n) is 21.6. The summed E-state index contributed by atoms with van der Waals surface area (Å²) < 4.78 is 38.0. The lowest BCUT2D eigenvalue weighted by molar-refractivity contribution is -0.284. The van der Waals surface area contributed by atoms with Crippen LogP contribution in [0.5, 0.6) is 92.0 Å². The number of carbonyl (C=O) groups excluding carboxylic acids is 4. The third-order valence-corrected chi connectivity index (χ3v) is 12.6. The van der Waals surface area contributed by atoms with Gasteiger partial charge in [-0.3, -0.25) is 0 Å². The number of rotatable bonds is 6. The van der Waals surface area contributed by atoms with Gasteiger partial charge in [-0.1, -0.05) is 0 Å². The molecule has 402 valence electrons. The van der Waals surface area contributed by atoms with E-state index in [4.69, 9.17) is 32.5 Å². The number of benzene rings is 6. The van der Waals surface area contributed by atoms with Crippen molar-refractivity contribution in [2.24, 2.45) is 0 Å². The summed E-state index contributed by atoms with van der Waals surface area (Å²) in [5, 5.41) is 180. The molecule has 17 N–H and O–H groups in total. The van der Waals surface area contributed by atoms with Crippen LogP contribution in [-0.2, 0) is 23.7 Å². The van der Waals surface area contributed by atoms with Crippen molar-refractivity contribution >= 4 is 56.6 Å². The summed E-state index contributed by atoms with van der Waals surface area (Å²) in [5.74, 6) is -28.5. The summed E-state index contributed by atoms with van der Waals surface area (Å²) in [6.07, 6.45) is -12.7. The third kappa shape index (κ3) is 7.34. The van der Waals surface area contributed by atoms with Crippen LogP contribution in [0.25, 0.3) is 55.0 Å². The predicted octanol–water partition coefficient (Wildman–Crippen LogP) is 1.98. The normalized spacial score (nSPS) is 18.2. The van der Waals surface area contributed by atoms with E-state index in [1.54, 1.807) is 0 Å². The van der Waals surface area contributed by atoms with Crippen molar-refractivity contribution in [3.8, 4) is 114 Å². The molecule has 1 fully saturated rings. The Morgan fingerprint density at radius 3 is 1.51 bits per heavy atom. The molecule has 2 aliphatic rings. The van der Waals surface area contributed by atoms with E-state index in [0.29, 0.717) is 36.4 Å². The van der Waals surface area contributed by atoms with E-state index in [0.717, 1.165) is 0 Å².